The smallest absolute Gasteiger partial charge is 0.0113 e. The summed E-state index contributed by atoms with van der Waals surface area (Å²) in [6.07, 6.45) is 4.97. The van der Waals surface area contributed by atoms with Gasteiger partial charge in [0.2, 0.25) is 0 Å². The van der Waals surface area contributed by atoms with Crippen LogP contribution in [-0.4, -0.2) is 6.54 Å². The summed E-state index contributed by atoms with van der Waals surface area (Å²) in [6.45, 7) is 8.96. The first-order valence-corrected chi connectivity index (χ1v) is 3.39. The second-order valence-corrected chi connectivity index (χ2v) is 1.90. The average molecular weight is 125 g/mol. The van der Waals surface area contributed by atoms with Crippen molar-refractivity contribution in [2.75, 3.05) is 6.54 Å². The Balaban J connectivity index is 3.32. The second kappa shape index (κ2) is 5.42. The van der Waals surface area contributed by atoms with E-state index in [4.69, 9.17) is 0 Å². The highest BCUT2D eigenvalue weighted by Gasteiger charge is 1.77. The van der Waals surface area contributed by atoms with Gasteiger partial charge in [-0.2, -0.15) is 0 Å². The van der Waals surface area contributed by atoms with E-state index in [2.05, 4.69) is 25.7 Å². The zero-order chi connectivity index (χ0) is 7.11. The molecular weight excluding hydrogens is 110 g/mol. The normalized spacial score (nSPS) is 10.0. The molecule has 0 radical (unpaired) electrons. The monoisotopic (exact) mass is 125 g/mol. The van der Waals surface area contributed by atoms with Crippen LogP contribution in [0, 0.1) is 0 Å². The van der Waals surface area contributed by atoms with Crippen molar-refractivity contribution >= 4 is 0 Å². The van der Waals surface area contributed by atoms with E-state index < -0.39 is 0 Å². The number of allylic oxidation sites excluding steroid dienone is 2. The molecule has 0 heterocycles. The number of rotatable bonds is 4. The van der Waals surface area contributed by atoms with Crippen molar-refractivity contribution in [1.82, 2.24) is 5.32 Å². The molecule has 0 fully saturated rings. The van der Waals surface area contributed by atoms with Gasteiger partial charge in [0.15, 0.2) is 0 Å². The summed E-state index contributed by atoms with van der Waals surface area (Å²) in [4.78, 5) is 0. The van der Waals surface area contributed by atoms with Gasteiger partial charge in [-0.05, 0) is 25.6 Å². The zero-order valence-corrected chi connectivity index (χ0v) is 6.28. The van der Waals surface area contributed by atoms with Gasteiger partial charge in [-0.15, -0.1) is 0 Å². The maximum Gasteiger partial charge on any atom is 0.0113 e. The lowest BCUT2D eigenvalue weighted by molar-refractivity contribution is 0.916. The highest BCUT2D eigenvalue weighted by atomic mass is 14.8. The molecular formula is C8H15N. The van der Waals surface area contributed by atoms with E-state index in [1.807, 2.05) is 12.3 Å². The fourth-order valence-corrected chi connectivity index (χ4v) is 0.412. The van der Waals surface area contributed by atoms with Gasteiger partial charge in [-0.3, -0.25) is 0 Å². The standard InChI is InChI=1S/C8H15N/c1-4-8(3)6-7-9-5-2/h6-7,9H,3-5H2,1-2H3/b7-6-. The maximum absolute atomic E-state index is 3.82. The molecule has 52 valence electrons. The fourth-order valence-electron chi connectivity index (χ4n) is 0.412. The van der Waals surface area contributed by atoms with E-state index in [0.717, 1.165) is 18.5 Å². The Morgan fingerprint density at radius 3 is 2.67 bits per heavy atom. The van der Waals surface area contributed by atoms with Crippen LogP contribution in [0.5, 0.6) is 0 Å². The van der Waals surface area contributed by atoms with Gasteiger partial charge in [0.1, 0.15) is 0 Å². The predicted octanol–water partition coefficient (Wildman–Crippen LogP) is 2.08. The average Bonchev–Trinajstić information content (AvgIpc) is 1.89. The van der Waals surface area contributed by atoms with Gasteiger partial charge < -0.3 is 5.32 Å². The molecule has 1 heteroatoms. The Hall–Kier alpha value is -0.720. The van der Waals surface area contributed by atoms with Crippen molar-refractivity contribution in [3.05, 3.63) is 24.4 Å². The lowest BCUT2D eigenvalue weighted by Crippen LogP contribution is -2.01. The quantitative estimate of drug-likeness (QED) is 0.567. The van der Waals surface area contributed by atoms with Crippen molar-refractivity contribution in [3.8, 4) is 0 Å². The summed E-state index contributed by atoms with van der Waals surface area (Å²) in [6, 6.07) is 0. The van der Waals surface area contributed by atoms with Crippen molar-refractivity contribution in [2.24, 2.45) is 0 Å². The molecule has 0 saturated carbocycles. The van der Waals surface area contributed by atoms with Crippen LogP contribution in [0.25, 0.3) is 0 Å². The van der Waals surface area contributed by atoms with Crippen LogP contribution in [-0.2, 0) is 0 Å². The molecule has 0 aromatic heterocycles. The minimum Gasteiger partial charge on any atom is -0.391 e. The summed E-state index contributed by atoms with van der Waals surface area (Å²) < 4.78 is 0. The minimum atomic E-state index is 0.980. The molecule has 1 N–H and O–H groups in total. The van der Waals surface area contributed by atoms with Gasteiger partial charge >= 0.3 is 0 Å². The van der Waals surface area contributed by atoms with E-state index in [9.17, 15) is 0 Å². The van der Waals surface area contributed by atoms with Gasteiger partial charge in [0.05, 0.1) is 0 Å². The molecule has 0 bridgehead atoms. The molecule has 0 unspecified atom stereocenters. The Kier molecular flexibility index (Phi) is 4.98. The number of hydrogen-bond acceptors (Lipinski definition) is 1. The lowest BCUT2D eigenvalue weighted by atomic mass is 10.2. The number of nitrogens with one attached hydrogen (secondary N) is 1. The third kappa shape index (κ3) is 5.15. The van der Waals surface area contributed by atoms with Crippen LogP contribution < -0.4 is 5.32 Å². The molecule has 0 atom stereocenters. The molecule has 0 aliphatic heterocycles. The Labute approximate surface area is 57.5 Å². The molecule has 0 aromatic rings. The molecule has 0 saturated heterocycles. The third-order valence-corrected chi connectivity index (χ3v) is 1.10. The van der Waals surface area contributed by atoms with Crippen LogP contribution in [0.4, 0.5) is 0 Å². The van der Waals surface area contributed by atoms with Crippen molar-refractivity contribution in [3.63, 3.8) is 0 Å². The second-order valence-electron chi connectivity index (χ2n) is 1.90. The van der Waals surface area contributed by atoms with E-state index in [1.54, 1.807) is 0 Å². The summed E-state index contributed by atoms with van der Waals surface area (Å²) >= 11 is 0. The first-order valence-electron chi connectivity index (χ1n) is 3.39. The van der Waals surface area contributed by atoms with Crippen molar-refractivity contribution < 1.29 is 0 Å². The van der Waals surface area contributed by atoms with Crippen LogP contribution in [0.2, 0.25) is 0 Å². The van der Waals surface area contributed by atoms with Crippen LogP contribution in [0.1, 0.15) is 20.3 Å². The highest BCUT2D eigenvalue weighted by molar-refractivity contribution is 5.12. The lowest BCUT2D eigenvalue weighted by Gasteiger charge is -1.92. The zero-order valence-electron chi connectivity index (χ0n) is 6.28. The minimum absolute atomic E-state index is 0.980. The molecule has 0 aromatic carbocycles. The summed E-state index contributed by atoms with van der Waals surface area (Å²) in [5.41, 5.74) is 1.16. The molecule has 0 aliphatic carbocycles. The largest absolute Gasteiger partial charge is 0.391 e. The molecule has 0 aliphatic rings. The predicted molar refractivity (Wildman–Crippen MR) is 42.2 cm³/mol. The molecule has 0 amide bonds. The highest BCUT2D eigenvalue weighted by Crippen LogP contribution is 1.95. The molecule has 0 spiro atoms. The first-order chi connectivity index (χ1) is 4.31. The topological polar surface area (TPSA) is 12.0 Å². The van der Waals surface area contributed by atoms with E-state index in [1.165, 1.54) is 0 Å². The van der Waals surface area contributed by atoms with Gasteiger partial charge in [-0.25, -0.2) is 0 Å². The summed E-state index contributed by atoms with van der Waals surface area (Å²) in [5.74, 6) is 0. The Morgan fingerprint density at radius 2 is 2.22 bits per heavy atom. The molecule has 1 nitrogen and oxygen atoms in total. The van der Waals surface area contributed by atoms with Gasteiger partial charge in [-0.1, -0.05) is 19.1 Å². The fraction of sp³-hybridized carbons (Fsp3) is 0.500. The van der Waals surface area contributed by atoms with Crippen molar-refractivity contribution in [2.45, 2.75) is 20.3 Å². The van der Waals surface area contributed by atoms with Crippen molar-refractivity contribution in [1.29, 1.82) is 0 Å². The van der Waals surface area contributed by atoms with E-state index in [0.29, 0.717) is 0 Å². The molecule has 0 rings (SSSR count). The summed E-state index contributed by atoms with van der Waals surface area (Å²) in [7, 11) is 0. The van der Waals surface area contributed by atoms with Crippen LogP contribution in [0.3, 0.4) is 0 Å². The Morgan fingerprint density at radius 1 is 1.56 bits per heavy atom. The maximum atomic E-state index is 3.82. The number of hydrogen-bond donors (Lipinski definition) is 1. The van der Waals surface area contributed by atoms with Crippen LogP contribution in [0.15, 0.2) is 24.4 Å². The molecule has 9 heavy (non-hydrogen) atoms. The van der Waals surface area contributed by atoms with E-state index in [-0.39, 0.29) is 0 Å². The van der Waals surface area contributed by atoms with Gasteiger partial charge in [0, 0.05) is 6.54 Å². The summed E-state index contributed by atoms with van der Waals surface area (Å²) in [5, 5.41) is 3.07. The van der Waals surface area contributed by atoms with Gasteiger partial charge in [0.25, 0.3) is 0 Å². The SMILES string of the molecule is C=C(/C=C\NCC)CC. The Bertz CT molecular complexity index is 103. The first kappa shape index (κ1) is 8.28. The van der Waals surface area contributed by atoms with Crippen LogP contribution >= 0.6 is 0 Å². The van der Waals surface area contributed by atoms with E-state index >= 15 is 0 Å². The third-order valence-electron chi connectivity index (χ3n) is 1.10.